The molecule has 0 bridgehead atoms. The highest BCUT2D eigenvalue weighted by Crippen LogP contribution is 2.17. The van der Waals surface area contributed by atoms with Crippen molar-refractivity contribution in [2.75, 3.05) is 13.2 Å². The van der Waals surface area contributed by atoms with E-state index in [0.717, 1.165) is 103 Å². The van der Waals surface area contributed by atoms with E-state index in [1.54, 1.807) is 0 Å². The Morgan fingerprint density at radius 3 is 0.756 bits per heavy atom. The van der Waals surface area contributed by atoms with Crippen LogP contribution < -0.4 is 0 Å². The minimum atomic E-state index is -0.790. The van der Waals surface area contributed by atoms with Gasteiger partial charge < -0.3 is 14.2 Å². The predicted molar refractivity (Wildman–Crippen MR) is 358 cm³/mol. The van der Waals surface area contributed by atoms with Crippen LogP contribution in [0.1, 0.15) is 361 Å². The average molecular weight is 1140 g/mol. The van der Waals surface area contributed by atoms with Crippen molar-refractivity contribution in [3.8, 4) is 0 Å². The minimum absolute atomic E-state index is 0.0836. The largest absolute Gasteiger partial charge is 0.462 e. The fourth-order valence-electron chi connectivity index (χ4n) is 10.3. The van der Waals surface area contributed by atoms with Gasteiger partial charge in [0.05, 0.1) is 0 Å². The molecule has 0 N–H and O–H groups in total. The van der Waals surface area contributed by atoms with E-state index in [2.05, 4.69) is 106 Å². The second-order valence-electron chi connectivity index (χ2n) is 23.8. The molecule has 0 fully saturated rings. The Hall–Kier alpha value is -3.41. The van der Waals surface area contributed by atoms with Gasteiger partial charge in [-0.05, 0) is 116 Å². The van der Waals surface area contributed by atoms with E-state index in [1.807, 2.05) is 0 Å². The topological polar surface area (TPSA) is 78.9 Å². The predicted octanol–water partition coefficient (Wildman–Crippen LogP) is 24.6. The van der Waals surface area contributed by atoms with Crippen molar-refractivity contribution < 1.29 is 28.6 Å². The molecule has 1 atom stereocenters. The number of hydrogen-bond donors (Lipinski definition) is 0. The number of ether oxygens (including phenoxy) is 3. The van der Waals surface area contributed by atoms with Crippen LogP contribution in [0.5, 0.6) is 0 Å². The van der Waals surface area contributed by atoms with Crippen LogP contribution in [0.4, 0.5) is 0 Å². The molecule has 0 radical (unpaired) electrons. The summed E-state index contributed by atoms with van der Waals surface area (Å²) in [6.45, 7) is 6.54. The number of rotatable bonds is 65. The highest BCUT2D eigenvalue weighted by molar-refractivity contribution is 5.71. The van der Waals surface area contributed by atoms with Gasteiger partial charge in [0.1, 0.15) is 13.2 Å². The van der Waals surface area contributed by atoms with Crippen LogP contribution in [0.25, 0.3) is 0 Å². The van der Waals surface area contributed by atoms with Crippen molar-refractivity contribution in [3.05, 3.63) is 85.1 Å². The van der Waals surface area contributed by atoms with Gasteiger partial charge in [0, 0.05) is 19.3 Å². The third-order valence-corrected chi connectivity index (χ3v) is 15.6. The molecule has 0 rings (SSSR count). The second kappa shape index (κ2) is 70.1. The number of hydrogen-bond acceptors (Lipinski definition) is 6. The number of allylic oxidation sites excluding steroid dienone is 14. The molecule has 82 heavy (non-hydrogen) atoms. The van der Waals surface area contributed by atoms with Gasteiger partial charge >= 0.3 is 17.9 Å². The SMILES string of the molecule is CC/C=C\C/C=C\C/C=C\C/C=C\CCCCCCC(=O)OCC(COC(=O)CCCCCCCCCCCCCCCCCCC/C=C\C/C=C\CCCCCCC)OC(=O)CCCCCCCCC/C=C\CCCCCCCCC. The van der Waals surface area contributed by atoms with Crippen LogP contribution in [-0.2, 0) is 28.6 Å². The Morgan fingerprint density at radius 2 is 0.476 bits per heavy atom. The number of carbonyl (C=O) groups is 3. The molecule has 0 aromatic rings. The lowest BCUT2D eigenvalue weighted by Gasteiger charge is -2.18. The number of unbranched alkanes of at least 4 members (excludes halogenated alkanes) is 40. The molecule has 0 amide bonds. The molecule has 0 saturated heterocycles. The summed E-state index contributed by atoms with van der Waals surface area (Å²) in [5, 5.41) is 0. The molecule has 0 aliphatic rings. The monoisotopic (exact) mass is 1140 g/mol. The Morgan fingerprint density at radius 1 is 0.256 bits per heavy atom. The first-order valence-corrected chi connectivity index (χ1v) is 35.6. The van der Waals surface area contributed by atoms with E-state index >= 15 is 0 Å². The summed E-state index contributed by atoms with van der Waals surface area (Å²) in [6, 6.07) is 0. The number of esters is 3. The molecular formula is C76H134O6. The molecular weight excluding hydrogens is 1010 g/mol. The molecule has 0 aliphatic heterocycles. The van der Waals surface area contributed by atoms with Gasteiger partial charge in [0.25, 0.3) is 0 Å². The summed E-state index contributed by atoms with van der Waals surface area (Å²) < 4.78 is 17.0. The summed E-state index contributed by atoms with van der Waals surface area (Å²) in [7, 11) is 0. The summed E-state index contributed by atoms with van der Waals surface area (Å²) in [5.74, 6) is -0.894. The maximum atomic E-state index is 12.9. The molecule has 0 aromatic carbocycles. The molecule has 0 aliphatic carbocycles. The third-order valence-electron chi connectivity index (χ3n) is 15.6. The fraction of sp³-hybridized carbons (Fsp3) is 0.776. The summed E-state index contributed by atoms with van der Waals surface area (Å²) >= 11 is 0. The lowest BCUT2D eigenvalue weighted by atomic mass is 10.0. The van der Waals surface area contributed by atoms with Gasteiger partial charge in [0.2, 0.25) is 0 Å². The van der Waals surface area contributed by atoms with Crippen LogP contribution in [0.15, 0.2) is 85.1 Å². The summed E-state index contributed by atoms with van der Waals surface area (Å²) in [5.41, 5.74) is 0. The fourth-order valence-corrected chi connectivity index (χ4v) is 10.3. The highest BCUT2D eigenvalue weighted by atomic mass is 16.6. The van der Waals surface area contributed by atoms with Gasteiger partial charge in [-0.2, -0.15) is 0 Å². The van der Waals surface area contributed by atoms with Gasteiger partial charge in [-0.3, -0.25) is 14.4 Å². The summed E-state index contributed by atoms with van der Waals surface area (Å²) in [4.78, 5) is 38.5. The third kappa shape index (κ3) is 67.4. The lowest BCUT2D eigenvalue weighted by molar-refractivity contribution is -0.167. The molecule has 6 heteroatoms. The molecule has 474 valence electrons. The maximum Gasteiger partial charge on any atom is 0.306 e. The molecule has 0 heterocycles. The molecule has 6 nitrogen and oxygen atoms in total. The van der Waals surface area contributed by atoms with E-state index in [1.165, 1.54) is 218 Å². The lowest BCUT2D eigenvalue weighted by Crippen LogP contribution is -2.30. The Kier molecular flexibility index (Phi) is 67.2. The van der Waals surface area contributed by atoms with Crippen molar-refractivity contribution in [3.63, 3.8) is 0 Å². The second-order valence-corrected chi connectivity index (χ2v) is 23.8. The zero-order valence-corrected chi connectivity index (χ0v) is 54.5. The molecule has 1 unspecified atom stereocenters. The van der Waals surface area contributed by atoms with E-state index < -0.39 is 6.10 Å². The first kappa shape index (κ1) is 78.6. The van der Waals surface area contributed by atoms with Crippen molar-refractivity contribution >= 4 is 17.9 Å². The maximum absolute atomic E-state index is 12.9. The normalized spacial score (nSPS) is 12.6. The standard InChI is InChI=1S/C76H134O6/c1-4-7-10-13-16-19-22-25-28-31-33-34-35-36-37-38-39-40-41-42-43-46-48-51-54-57-60-63-66-69-75(78)81-72-73(71-80-74(77)68-65-62-59-56-53-50-47-44-30-27-24-21-18-15-12-9-6-3)82-76(79)70-67-64-61-58-55-52-49-45-32-29-26-23-20-17-14-11-8-5-2/h9,12,18,21-22,25,27,29-33,47,50,73H,4-8,10-11,13-17,19-20,23-24,26,28,34-46,48-49,51-72H2,1-3H3/b12-9-,21-18-,25-22-,30-27-,32-29-,33-31-,50-47-. The smallest absolute Gasteiger partial charge is 0.306 e. The van der Waals surface area contributed by atoms with Crippen molar-refractivity contribution in [1.82, 2.24) is 0 Å². The molecule has 0 aromatic heterocycles. The minimum Gasteiger partial charge on any atom is -0.462 e. The van der Waals surface area contributed by atoms with Gasteiger partial charge in [-0.1, -0.05) is 311 Å². The Balaban J connectivity index is 4.29. The summed E-state index contributed by atoms with van der Waals surface area (Å²) in [6.07, 6.45) is 93.3. The molecule has 0 saturated carbocycles. The van der Waals surface area contributed by atoms with E-state index in [9.17, 15) is 14.4 Å². The van der Waals surface area contributed by atoms with Gasteiger partial charge in [-0.15, -0.1) is 0 Å². The Labute approximate surface area is 509 Å². The van der Waals surface area contributed by atoms with Crippen LogP contribution in [0.3, 0.4) is 0 Å². The van der Waals surface area contributed by atoms with Gasteiger partial charge in [-0.25, -0.2) is 0 Å². The van der Waals surface area contributed by atoms with Crippen LogP contribution in [-0.4, -0.2) is 37.2 Å². The first-order chi connectivity index (χ1) is 40.5. The van der Waals surface area contributed by atoms with Crippen molar-refractivity contribution in [2.24, 2.45) is 0 Å². The van der Waals surface area contributed by atoms with Crippen LogP contribution in [0, 0.1) is 0 Å². The van der Waals surface area contributed by atoms with E-state index in [0.29, 0.717) is 19.3 Å². The van der Waals surface area contributed by atoms with E-state index in [-0.39, 0.29) is 31.1 Å². The first-order valence-electron chi connectivity index (χ1n) is 35.6. The molecule has 0 spiro atoms. The van der Waals surface area contributed by atoms with Crippen molar-refractivity contribution in [2.45, 2.75) is 367 Å². The average Bonchev–Trinajstić information content (AvgIpc) is 3.47. The van der Waals surface area contributed by atoms with E-state index in [4.69, 9.17) is 14.2 Å². The van der Waals surface area contributed by atoms with Crippen molar-refractivity contribution in [1.29, 1.82) is 0 Å². The number of carbonyl (C=O) groups excluding carboxylic acids is 3. The van der Waals surface area contributed by atoms with Crippen LogP contribution in [0.2, 0.25) is 0 Å². The zero-order chi connectivity index (χ0) is 59.2. The quantitative estimate of drug-likeness (QED) is 0.0261. The van der Waals surface area contributed by atoms with Crippen LogP contribution >= 0.6 is 0 Å². The highest BCUT2D eigenvalue weighted by Gasteiger charge is 2.19. The van der Waals surface area contributed by atoms with Gasteiger partial charge in [0.15, 0.2) is 6.10 Å². The Bertz CT molecular complexity index is 1550. The zero-order valence-electron chi connectivity index (χ0n) is 54.5.